The number of amides is 1. The zero-order valence-corrected chi connectivity index (χ0v) is 15.2. The van der Waals surface area contributed by atoms with E-state index in [2.05, 4.69) is 10.1 Å². The lowest BCUT2D eigenvalue weighted by Crippen LogP contribution is -2.47. The Balaban J connectivity index is 2.41. The molecule has 0 bridgehead atoms. The molecule has 0 radical (unpaired) electrons. The van der Waals surface area contributed by atoms with Crippen molar-refractivity contribution >= 4 is 29.4 Å². The van der Waals surface area contributed by atoms with Crippen LogP contribution in [0.15, 0.2) is 24.3 Å². The molecule has 25 heavy (non-hydrogen) atoms. The Morgan fingerprint density at radius 2 is 1.96 bits per heavy atom. The molecule has 0 heterocycles. The summed E-state index contributed by atoms with van der Waals surface area (Å²) >= 11 is 5.80. The second-order valence-corrected chi connectivity index (χ2v) is 5.80. The highest BCUT2D eigenvalue weighted by Gasteiger charge is 2.26. The number of methoxy groups -OCH3 is 1. The van der Waals surface area contributed by atoms with Crippen LogP contribution in [-0.4, -0.2) is 44.2 Å². The molecule has 7 nitrogen and oxygen atoms in total. The highest BCUT2D eigenvalue weighted by Crippen LogP contribution is 2.16. The fraction of sp³-hybridized carbons (Fsp3) is 0.471. The smallest absolute Gasteiger partial charge is 0.344 e. The Bertz CT molecular complexity index is 607. The average Bonchev–Trinajstić information content (AvgIpc) is 2.61. The molecular weight excluding hydrogens is 350 g/mol. The number of benzene rings is 1. The molecule has 2 atom stereocenters. The van der Waals surface area contributed by atoms with Crippen LogP contribution in [0.1, 0.15) is 20.3 Å². The van der Waals surface area contributed by atoms with Crippen molar-refractivity contribution in [3.8, 4) is 5.75 Å². The average molecular weight is 372 g/mol. The number of rotatable bonds is 9. The second kappa shape index (κ2) is 10.6. The Kier molecular flexibility index (Phi) is 8.77. The van der Waals surface area contributed by atoms with E-state index >= 15 is 0 Å². The summed E-state index contributed by atoms with van der Waals surface area (Å²) in [7, 11) is 1.25. The number of hydrogen-bond acceptors (Lipinski definition) is 6. The number of ether oxygens (including phenoxy) is 3. The van der Waals surface area contributed by atoms with Gasteiger partial charge in [-0.05, 0) is 24.1 Å². The lowest BCUT2D eigenvalue weighted by Gasteiger charge is -2.21. The molecule has 0 aliphatic carbocycles. The molecular formula is C17H22ClNO6. The highest BCUT2D eigenvalue weighted by molar-refractivity contribution is 6.30. The van der Waals surface area contributed by atoms with Crippen molar-refractivity contribution in [3.05, 3.63) is 29.3 Å². The number of carbonyl (C=O) groups is 3. The molecule has 1 aromatic carbocycles. The van der Waals surface area contributed by atoms with Crippen molar-refractivity contribution in [1.29, 1.82) is 0 Å². The van der Waals surface area contributed by atoms with Gasteiger partial charge in [0.15, 0.2) is 13.2 Å². The van der Waals surface area contributed by atoms with E-state index in [4.69, 9.17) is 21.1 Å². The molecule has 0 saturated carbocycles. The predicted molar refractivity (Wildman–Crippen MR) is 91.3 cm³/mol. The Morgan fingerprint density at radius 1 is 1.24 bits per heavy atom. The number of hydrogen-bond donors (Lipinski definition) is 1. The monoisotopic (exact) mass is 371 g/mol. The van der Waals surface area contributed by atoms with Gasteiger partial charge in [-0.25, -0.2) is 9.59 Å². The first-order chi connectivity index (χ1) is 11.9. The van der Waals surface area contributed by atoms with Gasteiger partial charge in [0.25, 0.3) is 5.91 Å². The normalized spacial score (nSPS) is 12.6. The minimum atomic E-state index is -0.788. The third-order valence-corrected chi connectivity index (χ3v) is 3.74. The van der Waals surface area contributed by atoms with Gasteiger partial charge < -0.3 is 19.5 Å². The van der Waals surface area contributed by atoms with Crippen LogP contribution in [0.4, 0.5) is 0 Å². The van der Waals surface area contributed by atoms with Crippen molar-refractivity contribution in [2.45, 2.75) is 26.3 Å². The molecule has 8 heteroatoms. The standard InChI is InChI=1S/C17H22ClNO6/c1-4-11(2)16(17(22)23-3)19-14(20)9-25-15(21)10-24-13-7-5-6-12(18)8-13/h5-8,11,16H,4,9-10H2,1-3H3,(H,19,20)/t11-,16-/m0/s1. The van der Waals surface area contributed by atoms with Gasteiger partial charge in [-0.2, -0.15) is 0 Å². The van der Waals surface area contributed by atoms with Crippen molar-refractivity contribution in [1.82, 2.24) is 5.32 Å². The largest absolute Gasteiger partial charge is 0.482 e. The van der Waals surface area contributed by atoms with Crippen LogP contribution in [0, 0.1) is 5.92 Å². The van der Waals surface area contributed by atoms with Gasteiger partial charge >= 0.3 is 11.9 Å². The van der Waals surface area contributed by atoms with Gasteiger partial charge in [0.2, 0.25) is 0 Å². The quantitative estimate of drug-likeness (QED) is 0.667. The SMILES string of the molecule is CC[C@H](C)[C@H](NC(=O)COC(=O)COc1cccc(Cl)c1)C(=O)OC. The summed E-state index contributed by atoms with van der Waals surface area (Å²) in [5, 5.41) is 2.98. The first-order valence-corrected chi connectivity index (χ1v) is 8.16. The Morgan fingerprint density at radius 3 is 2.56 bits per heavy atom. The van der Waals surface area contributed by atoms with Crippen LogP contribution < -0.4 is 10.1 Å². The summed E-state index contributed by atoms with van der Waals surface area (Å²) in [4.78, 5) is 35.2. The third kappa shape index (κ3) is 7.43. The summed E-state index contributed by atoms with van der Waals surface area (Å²) in [6, 6.07) is 5.75. The molecule has 1 aromatic rings. The Labute approximate surface area is 151 Å². The van der Waals surface area contributed by atoms with Crippen LogP contribution in [0.25, 0.3) is 0 Å². The lowest BCUT2D eigenvalue weighted by atomic mass is 9.99. The van der Waals surface area contributed by atoms with Crippen molar-refractivity contribution in [2.75, 3.05) is 20.3 Å². The van der Waals surface area contributed by atoms with Crippen LogP contribution in [0.5, 0.6) is 5.75 Å². The van der Waals surface area contributed by atoms with E-state index in [-0.39, 0.29) is 12.5 Å². The van der Waals surface area contributed by atoms with E-state index in [0.29, 0.717) is 17.2 Å². The number of halogens is 1. The van der Waals surface area contributed by atoms with E-state index in [1.807, 2.05) is 13.8 Å². The summed E-state index contributed by atoms with van der Waals surface area (Å²) in [5.41, 5.74) is 0. The molecule has 0 unspecified atom stereocenters. The molecule has 138 valence electrons. The topological polar surface area (TPSA) is 90.9 Å². The summed E-state index contributed by atoms with van der Waals surface area (Å²) in [6.45, 7) is 2.83. The van der Waals surface area contributed by atoms with E-state index < -0.39 is 30.5 Å². The van der Waals surface area contributed by atoms with Gasteiger partial charge in [0.1, 0.15) is 11.8 Å². The Hall–Kier alpha value is -2.28. The zero-order chi connectivity index (χ0) is 18.8. The molecule has 0 aliphatic rings. The van der Waals surface area contributed by atoms with Crippen LogP contribution in [0.3, 0.4) is 0 Å². The van der Waals surface area contributed by atoms with E-state index in [1.54, 1.807) is 24.3 Å². The third-order valence-electron chi connectivity index (χ3n) is 3.50. The summed E-state index contributed by atoms with van der Waals surface area (Å²) < 4.78 is 14.7. The number of nitrogens with one attached hydrogen (secondary N) is 1. The molecule has 1 rings (SSSR count). The minimum Gasteiger partial charge on any atom is -0.482 e. The molecule has 0 aromatic heterocycles. The number of esters is 2. The number of carbonyl (C=O) groups excluding carboxylic acids is 3. The van der Waals surface area contributed by atoms with Crippen molar-refractivity contribution in [3.63, 3.8) is 0 Å². The zero-order valence-electron chi connectivity index (χ0n) is 14.4. The van der Waals surface area contributed by atoms with Crippen molar-refractivity contribution in [2.24, 2.45) is 5.92 Å². The highest BCUT2D eigenvalue weighted by atomic mass is 35.5. The van der Waals surface area contributed by atoms with Gasteiger partial charge in [0.05, 0.1) is 7.11 Å². The van der Waals surface area contributed by atoms with Gasteiger partial charge in [-0.15, -0.1) is 0 Å². The van der Waals surface area contributed by atoms with Crippen LogP contribution >= 0.6 is 11.6 Å². The van der Waals surface area contributed by atoms with E-state index in [1.165, 1.54) is 7.11 Å². The molecule has 0 aliphatic heterocycles. The van der Waals surface area contributed by atoms with Gasteiger partial charge in [-0.1, -0.05) is 37.9 Å². The maximum Gasteiger partial charge on any atom is 0.344 e. The van der Waals surface area contributed by atoms with Crippen LogP contribution in [-0.2, 0) is 23.9 Å². The van der Waals surface area contributed by atoms with Gasteiger partial charge in [0, 0.05) is 5.02 Å². The lowest BCUT2D eigenvalue weighted by molar-refractivity contribution is -0.152. The summed E-state index contributed by atoms with van der Waals surface area (Å²) in [5.74, 6) is -1.55. The molecule has 0 spiro atoms. The van der Waals surface area contributed by atoms with Crippen molar-refractivity contribution < 1.29 is 28.6 Å². The van der Waals surface area contributed by atoms with Gasteiger partial charge in [-0.3, -0.25) is 4.79 Å². The molecule has 0 fully saturated rings. The first kappa shape index (κ1) is 20.8. The van der Waals surface area contributed by atoms with E-state index in [0.717, 1.165) is 0 Å². The van der Waals surface area contributed by atoms with E-state index in [9.17, 15) is 14.4 Å². The first-order valence-electron chi connectivity index (χ1n) is 7.78. The maximum atomic E-state index is 11.9. The fourth-order valence-electron chi connectivity index (χ4n) is 1.90. The summed E-state index contributed by atoms with van der Waals surface area (Å²) in [6.07, 6.45) is 0.674. The second-order valence-electron chi connectivity index (χ2n) is 5.36. The minimum absolute atomic E-state index is 0.113. The maximum absolute atomic E-state index is 11.9. The molecule has 1 N–H and O–H groups in total. The van der Waals surface area contributed by atoms with Crippen LogP contribution in [0.2, 0.25) is 5.02 Å². The predicted octanol–water partition coefficient (Wildman–Crippen LogP) is 1.97. The molecule has 0 saturated heterocycles. The molecule has 1 amide bonds. The fourth-order valence-corrected chi connectivity index (χ4v) is 2.08.